The molecule has 8 nitrogen and oxygen atoms in total. The van der Waals surface area contributed by atoms with E-state index in [-0.39, 0.29) is 19.1 Å². The third-order valence-electron chi connectivity index (χ3n) is 13.9. The van der Waals surface area contributed by atoms with E-state index in [0.29, 0.717) is 17.4 Å². The summed E-state index contributed by atoms with van der Waals surface area (Å²) in [6.07, 6.45) is 65.9. The van der Waals surface area contributed by atoms with Gasteiger partial charge in [0.05, 0.1) is 39.9 Å². The molecule has 0 rings (SSSR count). The van der Waals surface area contributed by atoms with Crippen molar-refractivity contribution >= 4 is 13.7 Å². The standard InChI is InChI=1S/C60H119N2O6P/c1-6-8-10-12-14-16-18-20-22-23-24-25-26-27-28-29-30-31-32-33-34-35-36-37-38-40-41-43-45-47-49-51-53-59(63)58(57-68-69(65,66)67-56-55-62(3,4)5)61-60(64)54-52-50-48-46-44-42-39-21-19-17-15-13-11-9-7-2/h21,39,51,53,58-59,63H,6-20,22-38,40-50,52,54-57H2,1-5H3,(H-,61,64,65,66)/p+1/b39-21-,53-51+. The number of quaternary nitrogens is 1. The lowest BCUT2D eigenvalue weighted by molar-refractivity contribution is -0.870. The molecule has 0 aliphatic heterocycles. The number of amides is 1. The molecular formula is C60H120N2O6P+. The molecule has 9 heteroatoms. The predicted octanol–water partition coefficient (Wildman–Crippen LogP) is 18.4. The molecular weight excluding hydrogens is 876 g/mol. The van der Waals surface area contributed by atoms with E-state index in [9.17, 15) is 19.4 Å². The van der Waals surface area contributed by atoms with Crippen molar-refractivity contribution in [2.75, 3.05) is 40.9 Å². The Bertz CT molecular complexity index is 1170. The maximum absolute atomic E-state index is 12.9. The van der Waals surface area contributed by atoms with Crippen LogP contribution in [0.1, 0.15) is 303 Å². The number of allylic oxidation sites excluding steroid dienone is 3. The Hall–Kier alpha value is -1.02. The van der Waals surface area contributed by atoms with Crippen LogP contribution in [-0.2, 0) is 18.4 Å². The van der Waals surface area contributed by atoms with Gasteiger partial charge in [0.15, 0.2) is 0 Å². The minimum absolute atomic E-state index is 0.0614. The van der Waals surface area contributed by atoms with Crippen molar-refractivity contribution in [2.24, 2.45) is 0 Å². The number of carbonyl (C=O) groups is 1. The Morgan fingerprint density at radius 2 is 0.783 bits per heavy atom. The molecule has 69 heavy (non-hydrogen) atoms. The van der Waals surface area contributed by atoms with Gasteiger partial charge in [-0.3, -0.25) is 13.8 Å². The van der Waals surface area contributed by atoms with Crippen molar-refractivity contribution < 1.29 is 32.9 Å². The number of hydrogen-bond donors (Lipinski definition) is 3. The fourth-order valence-corrected chi connectivity index (χ4v) is 9.89. The minimum atomic E-state index is -4.35. The molecule has 1 amide bonds. The number of aliphatic hydroxyl groups excluding tert-OH is 1. The van der Waals surface area contributed by atoms with Gasteiger partial charge in [0.1, 0.15) is 13.2 Å². The molecule has 3 atom stereocenters. The highest BCUT2D eigenvalue weighted by molar-refractivity contribution is 7.47. The summed E-state index contributed by atoms with van der Waals surface area (Å²) in [5.74, 6) is -0.182. The second-order valence-corrected chi connectivity index (χ2v) is 23.5. The van der Waals surface area contributed by atoms with Gasteiger partial charge in [0, 0.05) is 6.42 Å². The van der Waals surface area contributed by atoms with Crippen molar-refractivity contribution in [2.45, 2.75) is 315 Å². The number of nitrogens with zero attached hydrogens (tertiary/aromatic N) is 1. The van der Waals surface area contributed by atoms with Gasteiger partial charge in [-0.1, -0.05) is 276 Å². The number of aliphatic hydroxyl groups is 1. The molecule has 0 radical (unpaired) electrons. The molecule has 3 N–H and O–H groups in total. The Kier molecular flexibility index (Phi) is 51.1. The molecule has 0 spiro atoms. The topological polar surface area (TPSA) is 105 Å². The average molecular weight is 997 g/mol. The molecule has 0 bridgehead atoms. The molecule has 3 unspecified atom stereocenters. The number of hydrogen-bond acceptors (Lipinski definition) is 5. The second-order valence-electron chi connectivity index (χ2n) is 22.1. The third-order valence-corrected chi connectivity index (χ3v) is 14.9. The van der Waals surface area contributed by atoms with E-state index in [4.69, 9.17) is 9.05 Å². The highest BCUT2D eigenvalue weighted by atomic mass is 31.2. The number of unbranched alkanes of at least 4 members (excludes halogenated alkanes) is 41. The summed E-state index contributed by atoms with van der Waals surface area (Å²) in [6, 6.07) is -0.849. The van der Waals surface area contributed by atoms with Crippen LogP contribution in [0.2, 0.25) is 0 Å². The van der Waals surface area contributed by atoms with Crippen molar-refractivity contribution in [1.82, 2.24) is 5.32 Å². The van der Waals surface area contributed by atoms with Gasteiger partial charge in [-0.05, 0) is 44.9 Å². The van der Waals surface area contributed by atoms with Gasteiger partial charge in [-0.15, -0.1) is 0 Å². The molecule has 0 aromatic carbocycles. The molecule has 0 aliphatic carbocycles. The number of phosphoric acid groups is 1. The largest absolute Gasteiger partial charge is 0.472 e. The third kappa shape index (κ3) is 54.6. The van der Waals surface area contributed by atoms with E-state index in [0.717, 1.165) is 51.4 Å². The first-order valence-corrected chi connectivity index (χ1v) is 31.7. The first kappa shape index (κ1) is 68.0. The number of nitrogens with one attached hydrogen (secondary N) is 1. The van der Waals surface area contributed by atoms with Crippen molar-refractivity contribution in [3.05, 3.63) is 24.3 Å². The lowest BCUT2D eigenvalue weighted by Gasteiger charge is -2.25. The van der Waals surface area contributed by atoms with Crippen LogP contribution in [0.25, 0.3) is 0 Å². The first-order valence-electron chi connectivity index (χ1n) is 30.2. The SMILES string of the molecule is CCCCCCCC/C=C\CCCCCCCC(=O)NC(COP(=O)(O)OCC[N+](C)(C)C)C(O)/C=C/CCCCCCCCCCCCCCCCCCCCCCCCCCCCCCCC. The van der Waals surface area contributed by atoms with E-state index < -0.39 is 20.0 Å². The van der Waals surface area contributed by atoms with Crippen LogP contribution >= 0.6 is 7.82 Å². The van der Waals surface area contributed by atoms with Crippen LogP contribution in [0.4, 0.5) is 0 Å². The van der Waals surface area contributed by atoms with Crippen LogP contribution in [0.5, 0.6) is 0 Å². The quantitative estimate of drug-likeness (QED) is 0.0243. The molecule has 0 aromatic heterocycles. The van der Waals surface area contributed by atoms with Gasteiger partial charge < -0.3 is 19.8 Å². The molecule has 0 aliphatic rings. The van der Waals surface area contributed by atoms with Crippen LogP contribution in [0.15, 0.2) is 24.3 Å². The van der Waals surface area contributed by atoms with Crippen LogP contribution in [-0.4, -0.2) is 73.4 Å². The molecule has 410 valence electrons. The first-order chi connectivity index (χ1) is 33.5. The maximum Gasteiger partial charge on any atom is 0.472 e. The van der Waals surface area contributed by atoms with Gasteiger partial charge in [0.2, 0.25) is 5.91 Å². The van der Waals surface area contributed by atoms with E-state index in [2.05, 4.69) is 31.3 Å². The Morgan fingerprint density at radius 1 is 0.478 bits per heavy atom. The van der Waals surface area contributed by atoms with Crippen LogP contribution < -0.4 is 5.32 Å². The minimum Gasteiger partial charge on any atom is -0.387 e. The predicted molar refractivity (Wildman–Crippen MR) is 300 cm³/mol. The Morgan fingerprint density at radius 3 is 1.12 bits per heavy atom. The molecule has 0 aromatic rings. The average Bonchev–Trinajstić information content (AvgIpc) is 3.31. The summed E-state index contributed by atoms with van der Waals surface area (Å²) in [7, 11) is 1.58. The van der Waals surface area contributed by atoms with Crippen molar-refractivity contribution in [3.63, 3.8) is 0 Å². The highest BCUT2D eigenvalue weighted by Crippen LogP contribution is 2.43. The molecule has 0 heterocycles. The summed E-state index contributed by atoms with van der Waals surface area (Å²) < 4.78 is 23.7. The molecule has 0 fully saturated rings. The zero-order valence-corrected chi connectivity index (χ0v) is 47.7. The lowest BCUT2D eigenvalue weighted by Crippen LogP contribution is -2.45. The Balaban J connectivity index is 4.05. The summed E-state index contributed by atoms with van der Waals surface area (Å²) >= 11 is 0. The summed E-state index contributed by atoms with van der Waals surface area (Å²) in [6.45, 7) is 4.84. The van der Waals surface area contributed by atoms with E-state index >= 15 is 0 Å². The monoisotopic (exact) mass is 996 g/mol. The number of likely N-dealkylation sites (N-methyl/N-ethyl adjacent to an activating group) is 1. The van der Waals surface area contributed by atoms with Gasteiger partial charge in [-0.25, -0.2) is 4.57 Å². The second kappa shape index (κ2) is 51.9. The summed E-state index contributed by atoms with van der Waals surface area (Å²) in [5, 5.41) is 13.9. The maximum atomic E-state index is 12.9. The van der Waals surface area contributed by atoms with Crippen molar-refractivity contribution in [1.29, 1.82) is 0 Å². The fraction of sp³-hybridized carbons (Fsp3) is 0.917. The van der Waals surface area contributed by atoms with Gasteiger partial charge in [0.25, 0.3) is 0 Å². The number of rotatable bonds is 56. The summed E-state index contributed by atoms with van der Waals surface area (Å²) in [5.41, 5.74) is 0. The van der Waals surface area contributed by atoms with Crippen LogP contribution in [0.3, 0.4) is 0 Å². The summed E-state index contributed by atoms with van der Waals surface area (Å²) in [4.78, 5) is 23.3. The number of carbonyl (C=O) groups excluding carboxylic acids is 1. The van der Waals surface area contributed by atoms with Crippen LogP contribution in [0, 0.1) is 0 Å². The lowest BCUT2D eigenvalue weighted by atomic mass is 10.0. The van der Waals surface area contributed by atoms with Crippen molar-refractivity contribution in [3.8, 4) is 0 Å². The molecule has 0 saturated carbocycles. The fourth-order valence-electron chi connectivity index (χ4n) is 9.16. The molecule has 0 saturated heterocycles. The zero-order chi connectivity index (χ0) is 50.6. The Labute approximate surface area is 430 Å². The van der Waals surface area contributed by atoms with E-state index in [1.165, 1.54) is 231 Å². The zero-order valence-electron chi connectivity index (χ0n) is 46.8. The van der Waals surface area contributed by atoms with E-state index in [1.54, 1.807) is 6.08 Å². The van der Waals surface area contributed by atoms with E-state index in [1.807, 2.05) is 27.2 Å². The normalized spacial score (nSPS) is 14.0. The smallest absolute Gasteiger partial charge is 0.387 e. The van der Waals surface area contributed by atoms with Gasteiger partial charge >= 0.3 is 7.82 Å². The highest BCUT2D eigenvalue weighted by Gasteiger charge is 2.27. The van der Waals surface area contributed by atoms with Gasteiger partial charge in [-0.2, -0.15) is 0 Å². The number of phosphoric ester groups is 1.